The van der Waals surface area contributed by atoms with Crippen molar-refractivity contribution in [2.45, 2.75) is 25.9 Å². The number of Topliss-reactive ketones (excluding diaryl/α,β-unsaturated/α-hetero) is 2. The van der Waals surface area contributed by atoms with Gasteiger partial charge in [0.25, 0.3) is 0 Å². The van der Waals surface area contributed by atoms with Crippen LogP contribution in [0.15, 0.2) is 24.3 Å². The van der Waals surface area contributed by atoms with E-state index in [4.69, 9.17) is 0 Å². The van der Waals surface area contributed by atoms with E-state index in [0.717, 1.165) is 26.0 Å². The fraction of sp³-hybridized carbons (Fsp3) is 0.400. The van der Waals surface area contributed by atoms with Gasteiger partial charge in [0.05, 0.1) is 11.8 Å². The number of carbonyl (C=O) groups is 3. The first kappa shape index (κ1) is 20.3. The molecule has 7 nitrogen and oxygen atoms in total. The largest absolute Gasteiger partial charge is 0.491 e. The summed E-state index contributed by atoms with van der Waals surface area (Å²) in [4.78, 5) is 44.4. The summed E-state index contributed by atoms with van der Waals surface area (Å²) in [5.74, 6) is -6.72. The normalized spacial score (nSPS) is 12.6. The number of nitro groups is 1. The average molecular weight is 361 g/mol. The van der Waals surface area contributed by atoms with E-state index in [2.05, 4.69) is 4.74 Å². The zero-order valence-corrected chi connectivity index (χ0v) is 13.2. The minimum Gasteiger partial charge on any atom is -0.420 e. The lowest BCUT2D eigenvalue weighted by atomic mass is 9.81. The highest BCUT2D eigenvalue weighted by Crippen LogP contribution is 2.30. The molecule has 0 heterocycles. The van der Waals surface area contributed by atoms with Crippen molar-refractivity contribution >= 4 is 17.5 Å². The van der Waals surface area contributed by atoms with Crippen LogP contribution in [-0.2, 0) is 14.4 Å². The van der Waals surface area contributed by atoms with Gasteiger partial charge in [0.2, 0.25) is 6.54 Å². The molecule has 0 saturated carbocycles. The molecule has 0 amide bonds. The van der Waals surface area contributed by atoms with E-state index in [1.54, 1.807) is 0 Å². The van der Waals surface area contributed by atoms with Crippen LogP contribution >= 0.6 is 0 Å². The third-order valence-electron chi connectivity index (χ3n) is 3.35. The summed E-state index contributed by atoms with van der Waals surface area (Å²) in [6.45, 7) is 1.39. The quantitative estimate of drug-likeness (QED) is 0.243. The van der Waals surface area contributed by atoms with Gasteiger partial charge in [-0.05, 0) is 31.5 Å². The topological polar surface area (TPSA) is 104 Å². The van der Waals surface area contributed by atoms with E-state index in [-0.39, 0.29) is 5.56 Å². The van der Waals surface area contributed by atoms with Crippen LogP contribution < -0.4 is 4.74 Å². The molecular formula is C15H14F3NO6. The molecule has 0 fully saturated rings. The number of hydrogen-bond donors (Lipinski definition) is 0. The van der Waals surface area contributed by atoms with Crippen molar-refractivity contribution < 1.29 is 37.2 Å². The Labute approximate surface area is 139 Å². The third-order valence-corrected chi connectivity index (χ3v) is 3.35. The molecule has 0 aliphatic heterocycles. The van der Waals surface area contributed by atoms with Crippen molar-refractivity contribution in [2.75, 3.05) is 6.54 Å². The summed E-state index contributed by atoms with van der Waals surface area (Å²) in [5, 5.41) is 10.9. The summed E-state index contributed by atoms with van der Waals surface area (Å²) < 4.78 is 40.9. The second kappa shape index (κ2) is 7.86. The fourth-order valence-electron chi connectivity index (χ4n) is 2.39. The Morgan fingerprint density at radius 1 is 1.20 bits per heavy atom. The van der Waals surface area contributed by atoms with Crippen molar-refractivity contribution in [1.82, 2.24) is 0 Å². The molecule has 136 valence electrons. The maximum Gasteiger partial charge on any atom is 0.491 e. The predicted molar refractivity (Wildman–Crippen MR) is 77.6 cm³/mol. The first-order valence-corrected chi connectivity index (χ1v) is 6.95. The number of nitrogens with zero attached hydrogens (tertiary/aromatic N) is 1. The van der Waals surface area contributed by atoms with Gasteiger partial charge >= 0.3 is 12.1 Å². The lowest BCUT2D eigenvalue weighted by Crippen LogP contribution is -2.31. The number of ketones is 2. The second-order valence-electron chi connectivity index (χ2n) is 5.28. The molecule has 0 spiro atoms. The first-order valence-electron chi connectivity index (χ1n) is 6.95. The second-order valence-corrected chi connectivity index (χ2v) is 5.28. The Morgan fingerprint density at radius 3 is 2.20 bits per heavy atom. The number of benzene rings is 1. The smallest absolute Gasteiger partial charge is 0.420 e. The summed E-state index contributed by atoms with van der Waals surface area (Å²) >= 11 is 0. The standard InChI is InChI=1S/C15H14F3NO6/c1-8(20)13(9(2)21)12(7-19(23)24)10-4-3-5-11(6-10)25-14(22)15(16,17)18/h3-6,12-13H,7H2,1-2H3/t12-/m0/s1. The molecule has 0 N–H and O–H groups in total. The molecule has 1 atom stereocenters. The minimum absolute atomic E-state index is 0.0413. The highest BCUT2D eigenvalue weighted by atomic mass is 19.4. The lowest BCUT2D eigenvalue weighted by Gasteiger charge is -2.20. The highest BCUT2D eigenvalue weighted by Gasteiger charge is 2.41. The number of halogens is 3. The number of hydrogen-bond acceptors (Lipinski definition) is 6. The monoisotopic (exact) mass is 361 g/mol. The van der Waals surface area contributed by atoms with Crippen LogP contribution in [0.4, 0.5) is 13.2 Å². The van der Waals surface area contributed by atoms with Gasteiger partial charge in [-0.3, -0.25) is 19.7 Å². The Morgan fingerprint density at radius 2 is 1.76 bits per heavy atom. The van der Waals surface area contributed by atoms with Crippen molar-refractivity contribution in [3.05, 3.63) is 39.9 Å². The van der Waals surface area contributed by atoms with Crippen LogP contribution in [0.5, 0.6) is 5.75 Å². The predicted octanol–water partition coefficient (Wildman–Crippen LogP) is 2.31. The van der Waals surface area contributed by atoms with Gasteiger partial charge < -0.3 is 4.74 Å². The Bertz CT molecular complexity index is 687. The molecular weight excluding hydrogens is 347 g/mol. The molecule has 25 heavy (non-hydrogen) atoms. The molecule has 0 aliphatic carbocycles. The number of ether oxygens (including phenoxy) is 1. The molecule has 0 aliphatic rings. The van der Waals surface area contributed by atoms with Crippen molar-refractivity contribution in [2.24, 2.45) is 5.92 Å². The summed E-state index contributed by atoms with van der Waals surface area (Å²) in [5.41, 5.74) is 0.0413. The number of esters is 1. The molecule has 0 saturated heterocycles. The first-order chi connectivity index (χ1) is 11.4. The van der Waals surface area contributed by atoms with Gasteiger partial charge in [-0.1, -0.05) is 12.1 Å². The fourth-order valence-corrected chi connectivity index (χ4v) is 2.39. The average Bonchev–Trinajstić information content (AvgIpc) is 2.44. The van der Waals surface area contributed by atoms with Crippen LogP contribution in [0.2, 0.25) is 0 Å². The van der Waals surface area contributed by atoms with Crippen molar-refractivity contribution in [3.63, 3.8) is 0 Å². The van der Waals surface area contributed by atoms with Crippen molar-refractivity contribution in [3.8, 4) is 5.75 Å². The summed E-state index contributed by atoms with van der Waals surface area (Å²) in [6.07, 6.45) is -5.21. The molecule has 0 aromatic heterocycles. The van der Waals surface area contributed by atoms with E-state index >= 15 is 0 Å². The molecule has 1 aromatic rings. The van der Waals surface area contributed by atoms with Crippen LogP contribution in [0.3, 0.4) is 0 Å². The van der Waals surface area contributed by atoms with Gasteiger partial charge in [0, 0.05) is 4.92 Å². The van der Waals surface area contributed by atoms with Gasteiger partial charge in [0.1, 0.15) is 17.3 Å². The highest BCUT2D eigenvalue weighted by molar-refractivity contribution is 6.01. The van der Waals surface area contributed by atoms with Crippen LogP contribution in [0.25, 0.3) is 0 Å². The lowest BCUT2D eigenvalue weighted by molar-refractivity contribution is -0.484. The SMILES string of the molecule is CC(=O)C(C(C)=O)[C@@H](C[N+](=O)[O-])c1cccc(OC(=O)C(F)(F)F)c1. The van der Waals surface area contributed by atoms with Crippen LogP contribution in [0, 0.1) is 16.0 Å². The third kappa shape index (κ3) is 5.66. The Balaban J connectivity index is 3.25. The van der Waals surface area contributed by atoms with E-state index in [9.17, 15) is 37.7 Å². The van der Waals surface area contributed by atoms with Gasteiger partial charge in [-0.15, -0.1) is 0 Å². The van der Waals surface area contributed by atoms with Gasteiger partial charge in [-0.25, -0.2) is 4.79 Å². The number of alkyl halides is 3. The van der Waals surface area contributed by atoms with E-state index in [1.807, 2.05) is 0 Å². The molecule has 1 rings (SSSR count). The zero-order valence-electron chi connectivity index (χ0n) is 13.2. The molecule has 10 heteroatoms. The zero-order chi connectivity index (χ0) is 19.4. The van der Waals surface area contributed by atoms with E-state index < -0.39 is 52.8 Å². The number of rotatable bonds is 7. The van der Waals surface area contributed by atoms with E-state index in [0.29, 0.717) is 0 Å². The van der Waals surface area contributed by atoms with Crippen molar-refractivity contribution in [1.29, 1.82) is 0 Å². The molecule has 0 unspecified atom stereocenters. The minimum atomic E-state index is -5.21. The summed E-state index contributed by atoms with van der Waals surface area (Å²) in [6, 6.07) is 4.53. The van der Waals surface area contributed by atoms with Gasteiger partial charge in [0.15, 0.2) is 0 Å². The molecule has 0 bridgehead atoms. The Hall–Kier alpha value is -2.78. The van der Waals surface area contributed by atoms with E-state index in [1.165, 1.54) is 12.1 Å². The maximum absolute atomic E-state index is 12.3. The maximum atomic E-state index is 12.3. The summed E-state index contributed by atoms with van der Waals surface area (Å²) in [7, 11) is 0. The number of carbonyl (C=O) groups excluding carboxylic acids is 3. The van der Waals surface area contributed by atoms with Crippen LogP contribution in [-0.4, -0.2) is 35.2 Å². The Kier molecular flexibility index (Phi) is 6.37. The molecule has 0 radical (unpaired) electrons. The molecule has 1 aromatic carbocycles. The van der Waals surface area contributed by atoms with Crippen LogP contribution in [0.1, 0.15) is 25.3 Å². The van der Waals surface area contributed by atoms with Gasteiger partial charge in [-0.2, -0.15) is 13.2 Å².